The second kappa shape index (κ2) is 10.2. The molecule has 1 fully saturated rings. The third-order valence-corrected chi connectivity index (χ3v) is 5.79. The van der Waals surface area contributed by atoms with Crippen LogP contribution < -0.4 is 20.5 Å². The van der Waals surface area contributed by atoms with Crippen LogP contribution in [0.4, 0.5) is 24.7 Å². The SMILES string of the molecule is COc1cc2nc(C)nc(N[C@H](C)c3cc(N)cc(C(F)(F)F)c3)c2cc1OCCOCC1CC1. The number of nitrogens with zero attached hydrogens (tertiary/aromatic N) is 2. The zero-order valence-electron chi connectivity index (χ0n) is 19.9. The molecule has 1 saturated carbocycles. The molecule has 3 aromatic rings. The van der Waals surface area contributed by atoms with Crippen molar-refractivity contribution < 1.29 is 27.4 Å². The second-order valence-corrected chi connectivity index (χ2v) is 8.76. The van der Waals surface area contributed by atoms with Crippen LogP contribution in [-0.4, -0.2) is 36.9 Å². The van der Waals surface area contributed by atoms with Crippen LogP contribution in [0.15, 0.2) is 30.3 Å². The monoisotopic (exact) mass is 490 g/mol. The second-order valence-electron chi connectivity index (χ2n) is 8.76. The van der Waals surface area contributed by atoms with Crippen molar-refractivity contribution in [2.24, 2.45) is 5.92 Å². The van der Waals surface area contributed by atoms with Crippen molar-refractivity contribution in [3.05, 3.63) is 47.3 Å². The first-order chi connectivity index (χ1) is 16.6. The molecular weight excluding hydrogens is 461 g/mol. The maximum atomic E-state index is 13.3. The Labute approximate surface area is 201 Å². The number of nitrogens with one attached hydrogen (secondary N) is 1. The molecule has 0 spiro atoms. The molecule has 10 heteroatoms. The van der Waals surface area contributed by atoms with E-state index in [9.17, 15) is 13.2 Å². The fourth-order valence-corrected chi connectivity index (χ4v) is 3.76. The highest BCUT2D eigenvalue weighted by Crippen LogP contribution is 2.37. The van der Waals surface area contributed by atoms with E-state index >= 15 is 0 Å². The maximum Gasteiger partial charge on any atom is 0.416 e. The Hall–Kier alpha value is -3.27. The van der Waals surface area contributed by atoms with Gasteiger partial charge >= 0.3 is 6.18 Å². The molecule has 35 heavy (non-hydrogen) atoms. The quantitative estimate of drug-likeness (QED) is 0.285. The number of hydrogen-bond acceptors (Lipinski definition) is 7. The average molecular weight is 491 g/mol. The van der Waals surface area contributed by atoms with Crippen molar-refractivity contribution >= 4 is 22.4 Å². The van der Waals surface area contributed by atoms with Gasteiger partial charge in [-0.1, -0.05) is 0 Å². The number of halogens is 3. The lowest BCUT2D eigenvalue weighted by Crippen LogP contribution is -2.13. The summed E-state index contributed by atoms with van der Waals surface area (Å²) < 4.78 is 56.8. The van der Waals surface area contributed by atoms with Crippen LogP contribution in [0.5, 0.6) is 11.5 Å². The smallest absolute Gasteiger partial charge is 0.416 e. The minimum atomic E-state index is -4.49. The number of methoxy groups -OCH3 is 1. The number of nitrogen functional groups attached to an aromatic ring is 1. The van der Waals surface area contributed by atoms with Crippen molar-refractivity contribution in [3.8, 4) is 11.5 Å². The van der Waals surface area contributed by atoms with Crippen molar-refractivity contribution in [2.45, 2.75) is 38.9 Å². The molecule has 2 aromatic carbocycles. The molecule has 0 radical (unpaired) electrons. The topological polar surface area (TPSA) is 91.5 Å². The van der Waals surface area contributed by atoms with E-state index in [2.05, 4.69) is 15.3 Å². The number of ether oxygens (including phenoxy) is 3. The number of aryl methyl sites for hydroxylation is 1. The van der Waals surface area contributed by atoms with Crippen molar-refractivity contribution in [3.63, 3.8) is 0 Å². The molecule has 3 N–H and O–H groups in total. The van der Waals surface area contributed by atoms with Crippen LogP contribution in [0.3, 0.4) is 0 Å². The standard InChI is InChI=1S/C25H29F3N4O3/c1-14(17-8-18(25(26,27)28)10-19(29)9-17)30-24-20-11-23(35-7-6-34-13-16-4-5-16)22(33-3)12-21(20)31-15(2)32-24/h8-12,14,16H,4-7,13,29H2,1-3H3,(H,30,31,32)/t14-/m1/s1. The van der Waals surface area contributed by atoms with Crippen LogP contribution in [0, 0.1) is 12.8 Å². The van der Waals surface area contributed by atoms with Crippen molar-refractivity contribution in [1.29, 1.82) is 0 Å². The molecule has 0 unspecified atom stereocenters. The number of fused-ring (bicyclic) bond motifs is 1. The first-order valence-corrected chi connectivity index (χ1v) is 11.4. The maximum absolute atomic E-state index is 13.3. The van der Waals surface area contributed by atoms with Crippen LogP contribution in [-0.2, 0) is 10.9 Å². The highest BCUT2D eigenvalue weighted by Gasteiger charge is 2.31. The Morgan fingerprint density at radius 3 is 2.54 bits per heavy atom. The third-order valence-electron chi connectivity index (χ3n) is 5.79. The van der Waals surface area contributed by atoms with Gasteiger partial charge in [-0.15, -0.1) is 0 Å². The van der Waals surface area contributed by atoms with E-state index < -0.39 is 17.8 Å². The zero-order valence-corrected chi connectivity index (χ0v) is 19.9. The van der Waals surface area contributed by atoms with Gasteiger partial charge in [-0.05, 0) is 62.4 Å². The lowest BCUT2D eigenvalue weighted by atomic mass is 10.0. The lowest BCUT2D eigenvalue weighted by molar-refractivity contribution is -0.137. The van der Waals surface area contributed by atoms with E-state index in [0.29, 0.717) is 58.7 Å². The van der Waals surface area contributed by atoms with Crippen LogP contribution in [0.25, 0.3) is 10.9 Å². The number of anilines is 2. The van der Waals surface area contributed by atoms with E-state index in [1.54, 1.807) is 33.1 Å². The van der Waals surface area contributed by atoms with Gasteiger partial charge in [0.1, 0.15) is 18.2 Å². The lowest BCUT2D eigenvalue weighted by Gasteiger charge is -2.20. The number of benzene rings is 2. The Morgan fingerprint density at radius 1 is 1.09 bits per heavy atom. The van der Waals surface area contributed by atoms with E-state index in [1.165, 1.54) is 18.9 Å². The summed E-state index contributed by atoms with van der Waals surface area (Å²) in [6.07, 6.45) is -2.05. The molecule has 0 bridgehead atoms. The van der Waals surface area contributed by atoms with Gasteiger partial charge in [0.05, 0.1) is 30.8 Å². The summed E-state index contributed by atoms with van der Waals surface area (Å²) in [6, 6.07) is 6.53. The number of hydrogen-bond donors (Lipinski definition) is 2. The zero-order chi connectivity index (χ0) is 25.2. The summed E-state index contributed by atoms with van der Waals surface area (Å²) >= 11 is 0. The number of aromatic nitrogens is 2. The molecule has 1 heterocycles. The summed E-state index contributed by atoms with van der Waals surface area (Å²) in [6.45, 7) is 5.05. The first-order valence-electron chi connectivity index (χ1n) is 11.4. The molecule has 0 saturated heterocycles. The van der Waals surface area contributed by atoms with Gasteiger partial charge in [-0.2, -0.15) is 13.2 Å². The summed E-state index contributed by atoms with van der Waals surface area (Å²) in [5, 5.41) is 3.86. The Kier molecular flexibility index (Phi) is 7.20. The molecule has 1 aromatic heterocycles. The largest absolute Gasteiger partial charge is 0.493 e. The van der Waals surface area contributed by atoms with Crippen molar-refractivity contribution in [2.75, 3.05) is 38.0 Å². The van der Waals surface area contributed by atoms with Gasteiger partial charge < -0.3 is 25.3 Å². The van der Waals surface area contributed by atoms with Crippen LogP contribution >= 0.6 is 0 Å². The molecule has 1 atom stereocenters. The number of nitrogens with two attached hydrogens (primary N) is 1. The molecule has 4 rings (SSSR count). The van der Waals surface area contributed by atoms with Gasteiger partial charge in [-0.3, -0.25) is 0 Å². The van der Waals surface area contributed by atoms with Gasteiger partial charge in [0.25, 0.3) is 0 Å². The van der Waals surface area contributed by atoms with Crippen molar-refractivity contribution in [1.82, 2.24) is 9.97 Å². The Morgan fingerprint density at radius 2 is 1.86 bits per heavy atom. The predicted octanol–water partition coefficient (Wildman–Crippen LogP) is 5.53. The molecule has 1 aliphatic rings. The van der Waals surface area contributed by atoms with E-state index in [4.69, 9.17) is 19.9 Å². The van der Waals surface area contributed by atoms with E-state index in [0.717, 1.165) is 18.7 Å². The minimum absolute atomic E-state index is 0.0385. The molecule has 188 valence electrons. The van der Waals surface area contributed by atoms with E-state index in [-0.39, 0.29) is 5.69 Å². The fourth-order valence-electron chi connectivity index (χ4n) is 3.76. The molecular formula is C25H29F3N4O3. The molecule has 0 aliphatic heterocycles. The predicted molar refractivity (Wildman–Crippen MR) is 128 cm³/mol. The van der Waals surface area contributed by atoms with Gasteiger partial charge in [0, 0.05) is 23.7 Å². The Bertz CT molecular complexity index is 1200. The van der Waals surface area contributed by atoms with Crippen LogP contribution in [0.2, 0.25) is 0 Å². The fraction of sp³-hybridized carbons (Fsp3) is 0.440. The van der Waals surface area contributed by atoms with E-state index in [1.807, 2.05) is 0 Å². The molecule has 0 amide bonds. The number of rotatable bonds is 10. The molecule has 1 aliphatic carbocycles. The average Bonchev–Trinajstić information content (AvgIpc) is 3.62. The first kappa shape index (κ1) is 24.8. The minimum Gasteiger partial charge on any atom is -0.493 e. The third kappa shape index (κ3) is 6.25. The molecule has 7 nitrogen and oxygen atoms in total. The van der Waals surface area contributed by atoms with Crippen LogP contribution in [0.1, 0.15) is 42.8 Å². The van der Waals surface area contributed by atoms with Gasteiger partial charge in [-0.25, -0.2) is 9.97 Å². The van der Waals surface area contributed by atoms with Gasteiger partial charge in [0.15, 0.2) is 11.5 Å². The highest BCUT2D eigenvalue weighted by molar-refractivity contribution is 5.92. The summed E-state index contributed by atoms with van der Waals surface area (Å²) in [5.41, 5.74) is 5.99. The highest BCUT2D eigenvalue weighted by atomic mass is 19.4. The Balaban J connectivity index is 1.59. The summed E-state index contributed by atoms with van der Waals surface area (Å²) in [4.78, 5) is 8.98. The normalized spacial score (nSPS) is 14.7. The van der Waals surface area contributed by atoms with Gasteiger partial charge in [0.2, 0.25) is 0 Å². The summed E-state index contributed by atoms with van der Waals surface area (Å²) in [5.74, 6) is 2.66. The number of alkyl halides is 3. The summed E-state index contributed by atoms with van der Waals surface area (Å²) in [7, 11) is 1.55.